The Labute approximate surface area is 257 Å². The van der Waals surface area contributed by atoms with E-state index in [9.17, 15) is 9.59 Å². The second-order valence-electron chi connectivity index (χ2n) is 12.0. The van der Waals surface area contributed by atoms with Gasteiger partial charge in [-0.2, -0.15) is 0 Å². The molecule has 0 aliphatic carbocycles. The molecule has 9 nitrogen and oxygen atoms in total. The molecule has 0 unspecified atom stereocenters. The number of rotatable bonds is 10. The number of amides is 2. The van der Waals surface area contributed by atoms with Crippen LogP contribution in [0, 0.1) is 0 Å². The topological polar surface area (TPSA) is 175 Å². The minimum Gasteiger partial charge on any atom is -0.398 e. The Balaban J connectivity index is 1.93. The molecule has 0 bridgehead atoms. The van der Waals surface area contributed by atoms with E-state index in [0.29, 0.717) is 47.3 Å². The molecule has 2 aromatic carbocycles. The molecule has 0 saturated carbocycles. The number of benzene rings is 2. The molecule has 0 aliphatic heterocycles. The lowest BCUT2D eigenvalue weighted by molar-refractivity contribution is 0.101. The normalized spacial score (nSPS) is 11.8. The average molecular weight is 610 g/mol. The summed E-state index contributed by atoms with van der Waals surface area (Å²) < 4.78 is 0. The Morgan fingerprint density at radius 3 is 1.43 bits per heavy atom. The number of aromatic nitrogens is 1. The molecule has 10 N–H and O–H groups in total. The minimum atomic E-state index is -0.456. The number of anilines is 4. The number of hydrogen-bond donors (Lipinski definition) is 6. The molecule has 0 spiro atoms. The third-order valence-corrected chi connectivity index (χ3v) is 8.77. The van der Waals surface area contributed by atoms with Crippen LogP contribution in [0.3, 0.4) is 0 Å². The zero-order chi connectivity index (χ0) is 31.2. The van der Waals surface area contributed by atoms with Crippen LogP contribution in [0.15, 0.2) is 52.3 Å². The van der Waals surface area contributed by atoms with Crippen LogP contribution in [0.25, 0.3) is 0 Å². The molecule has 0 fully saturated rings. The number of nitrogens with two attached hydrogens (primary N) is 4. The van der Waals surface area contributed by atoms with Gasteiger partial charge in [-0.15, -0.1) is 23.5 Å². The molecule has 1 aromatic heterocycles. The van der Waals surface area contributed by atoms with Crippen LogP contribution in [0.2, 0.25) is 0 Å². The van der Waals surface area contributed by atoms with Crippen molar-refractivity contribution < 1.29 is 9.59 Å². The van der Waals surface area contributed by atoms with E-state index in [1.54, 1.807) is 18.2 Å². The average Bonchev–Trinajstić information content (AvgIpc) is 2.91. The van der Waals surface area contributed by atoms with E-state index < -0.39 is 11.8 Å². The van der Waals surface area contributed by atoms with E-state index in [1.165, 1.54) is 23.5 Å². The molecule has 42 heavy (non-hydrogen) atoms. The smallest absolute Gasteiger partial charge is 0.274 e. The van der Waals surface area contributed by atoms with Gasteiger partial charge >= 0.3 is 0 Å². The maximum Gasteiger partial charge on any atom is 0.274 e. The number of carbonyl (C=O) groups is 2. The van der Waals surface area contributed by atoms with E-state index in [0.717, 1.165) is 20.9 Å². The van der Waals surface area contributed by atoms with E-state index in [4.69, 9.17) is 22.9 Å². The SMILES string of the molecule is CC(C)(C)c1cc(N)c(SCCN)c(NC(=O)c2cccc(C(=O)Nc3cc(C(C)(C)C)cc(N)c3SCCN)n2)c1. The summed E-state index contributed by atoms with van der Waals surface area (Å²) in [5.74, 6) is 0.371. The Kier molecular flexibility index (Phi) is 10.9. The van der Waals surface area contributed by atoms with E-state index in [2.05, 4.69) is 57.2 Å². The monoisotopic (exact) mass is 609 g/mol. The Morgan fingerprint density at radius 2 is 1.10 bits per heavy atom. The standard InChI is InChI=1S/C31H43N7O2S2/c1-30(2,3)18-14-20(34)26(41-12-10-32)24(16-18)37-28(39)22-8-7-9-23(36-22)29(40)38-25-17-19(31(4,5)6)15-21(35)27(25)42-13-11-33/h7-9,14-17H,10-13,32-35H2,1-6H3,(H,37,39)(H,38,40). The first-order chi connectivity index (χ1) is 19.6. The molecule has 226 valence electrons. The van der Waals surface area contributed by atoms with Crippen LogP contribution < -0.4 is 33.6 Å². The summed E-state index contributed by atoms with van der Waals surface area (Å²) in [6.07, 6.45) is 0. The summed E-state index contributed by atoms with van der Waals surface area (Å²) in [4.78, 5) is 32.7. The van der Waals surface area contributed by atoms with Crippen molar-refractivity contribution in [1.29, 1.82) is 0 Å². The Hall–Kier alpha value is -3.25. The summed E-state index contributed by atoms with van der Waals surface area (Å²) in [5.41, 5.74) is 28.3. The summed E-state index contributed by atoms with van der Waals surface area (Å²) in [6, 6.07) is 12.5. The Bertz CT molecular complexity index is 1340. The van der Waals surface area contributed by atoms with Crippen molar-refractivity contribution in [1.82, 2.24) is 4.98 Å². The lowest BCUT2D eigenvalue weighted by Crippen LogP contribution is -2.20. The molecule has 1 heterocycles. The van der Waals surface area contributed by atoms with Gasteiger partial charge in [-0.1, -0.05) is 47.6 Å². The molecule has 0 saturated heterocycles. The quantitative estimate of drug-likeness (QED) is 0.129. The fraction of sp³-hybridized carbons (Fsp3) is 0.387. The lowest BCUT2D eigenvalue weighted by Gasteiger charge is -2.23. The van der Waals surface area contributed by atoms with Crippen molar-refractivity contribution in [2.75, 3.05) is 46.7 Å². The van der Waals surface area contributed by atoms with Crippen LogP contribution in [0.4, 0.5) is 22.7 Å². The maximum absolute atomic E-state index is 13.4. The highest BCUT2D eigenvalue weighted by Gasteiger charge is 2.22. The van der Waals surface area contributed by atoms with Gasteiger partial charge in [0.15, 0.2) is 0 Å². The van der Waals surface area contributed by atoms with E-state index >= 15 is 0 Å². The number of thioether (sulfide) groups is 2. The fourth-order valence-corrected chi connectivity index (χ4v) is 5.68. The van der Waals surface area contributed by atoms with Crippen molar-refractivity contribution in [2.45, 2.75) is 62.2 Å². The molecule has 3 rings (SSSR count). The van der Waals surface area contributed by atoms with Crippen LogP contribution in [-0.2, 0) is 10.8 Å². The lowest BCUT2D eigenvalue weighted by atomic mass is 9.86. The summed E-state index contributed by atoms with van der Waals surface area (Å²) in [6.45, 7) is 13.4. The molecule has 2 amide bonds. The van der Waals surface area contributed by atoms with Crippen LogP contribution >= 0.6 is 23.5 Å². The number of hydrogen-bond acceptors (Lipinski definition) is 9. The molecule has 3 aromatic rings. The van der Waals surface area contributed by atoms with Crippen molar-refractivity contribution in [3.63, 3.8) is 0 Å². The summed E-state index contributed by atoms with van der Waals surface area (Å²) in [5, 5.41) is 5.92. The van der Waals surface area contributed by atoms with Gasteiger partial charge in [0.05, 0.1) is 21.2 Å². The minimum absolute atomic E-state index is 0.0952. The first kappa shape index (κ1) is 33.3. The number of nitrogen functional groups attached to an aromatic ring is 2. The predicted octanol–water partition coefficient (Wildman–Crippen LogP) is 5.45. The molecular formula is C31H43N7O2S2. The number of nitrogens with one attached hydrogen (secondary N) is 2. The van der Waals surface area contributed by atoms with Crippen LogP contribution in [0.1, 0.15) is 73.6 Å². The van der Waals surface area contributed by atoms with Gasteiger partial charge in [0.1, 0.15) is 11.4 Å². The summed E-state index contributed by atoms with van der Waals surface area (Å²) in [7, 11) is 0. The van der Waals surface area contributed by atoms with Gasteiger partial charge in [-0.3, -0.25) is 9.59 Å². The number of carbonyl (C=O) groups excluding carboxylic acids is 2. The molecule has 0 atom stereocenters. The van der Waals surface area contributed by atoms with E-state index in [-0.39, 0.29) is 22.2 Å². The fourth-order valence-electron chi connectivity index (χ4n) is 4.06. The molecule has 0 radical (unpaired) electrons. The highest BCUT2D eigenvalue weighted by molar-refractivity contribution is 7.99. The second kappa shape index (κ2) is 13.8. The highest BCUT2D eigenvalue weighted by Crippen LogP contribution is 2.39. The number of pyridine rings is 1. The third kappa shape index (κ3) is 8.41. The van der Waals surface area contributed by atoms with Gasteiger partial charge in [0, 0.05) is 36.0 Å². The summed E-state index contributed by atoms with van der Waals surface area (Å²) >= 11 is 2.96. The Morgan fingerprint density at radius 1 is 0.714 bits per heavy atom. The van der Waals surface area contributed by atoms with Crippen LogP contribution in [-0.4, -0.2) is 41.4 Å². The van der Waals surface area contributed by atoms with E-state index in [1.807, 2.05) is 24.3 Å². The largest absolute Gasteiger partial charge is 0.398 e. The molecule has 11 heteroatoms. The van der Waals surface area contributed by atoms with Crippen LogP contribution in [0.5, 0.6) is 0 Å². The van der Waals surface area contributed by atoms with Crippen molar-refractivity contribution >= 4 is 58.1 Å². The number of nitrogens with zero attached hydrogens (tertiary/aromatic N) is 1. The highest BCUT2D eigenvalue weighted by atomic mass is 32.2. The molecule has 0 aliphatic rings. The van der Waals surface area contributed by atoms with Gasteiger partial charge in [0.2, 0.25) is 0 Å². The van der Waals surface area contributed by atoms with Gasteiger partial charge in [-0.25, -0.2) is 4.98 Å². The first-order valence-corrected chi connectivity index (χ1v) is 15.8. The van der Waals surface area contributed by atoms with Crippen molar-refractivity contribution in [2.24, 2.45) is 11.5 Å². The molecular weight excluding hydrogens is 567 g/mol. The first-order valence-electron chi connectivity index (χ1n) is 13.8. The zero-order valence-electron chi connectivity index (χ0n) is 25.3. The predicted molar refractivity (Wildman–Crippen MR) is 179 cm³/mol. The van der Waals surface area contributed by atoms with Gasteiger partial charge < -0.3 is 33.6 Å². The third-order valence-electron chi connectivity index (χ3n) is 6.41. The van der Waals surface area contributed by atoms with Gasteiger partial charge in [0.25, 0.3) is 11.8 Å². The van der Waals surface area contributed by atoms with Gasteiger partial charge in [-0.05, 0) is 58.4 Å². The second-order valence-corrected chi connectivity index (χ2v) is 14.2. The zero-order valence-corrected chi connectivity index (χ0v) is 26.9. The van der Waals surface area contributed by atoms with Crippen molar-refractivity contribution in [3.8, 4) is 0 Å². The van der Waals surface area contributed by atoms with Crippen molar-refractivity contribution in [3.05, 3.63) is 65.0 Å². The maximum atomic E-state index is 13.4.